The van der Waals surface area contributed by atoms with Crippen molar-refractivity contribution in [3.8, 4) is 0 Å². The maximum Gasteiger partial charge on any atom is 0.325 e. The zero-order valence-corrected chi connectivity index (χ0v) is 13.3. The Labute approximate surface area is 123 Å². The number of hydrogen-bond acceptors (Lipinski definition) is 4. The number of fused-ring (bicyclic) bond motifs is 1. The molecule has 1 heterocycles. The van der Waals surface area contributed by atoms with E-state index in [-0.39, 0.29) is 5.97 Å². The molecule has 0 spiro atoms. The van der Waals surface area contributed by atoms with E-state index in [9.17, 15) is 4.79 Å². The first-order valence-electron chi connectivity index (χ1n) is 8.15. The summed E-state index contributed by atoms with van der Waals surface area (Å²) in [5.74, 6) is 1.70. The predicted octanol–water partition coefficient (Wildman–Crippen LogP) is 2.04. The molecule has 0 amide bonds. The van der Waals surface area contributed by atoms with Crippen LogP contribution in [-0.2, 0) is 9.53 Å². The van der Waals surface area contributed by atoms with Crippen molar-refractivity contribution in [2.45, 2.75) is 51.5 Å². The number of ether oxygens (including phenoxy) is 1. The largest absolute Gasteiger partial charge is 0.468 e. The third-order valence-corrected chi connectivity index (χ3v) is 5.13. The maximum atomic E-state index is 12.0. The second-order valence-corrected chi connectivity index (χ2v) is 6.71. The lowest BCUT2D eigenvalue weighted by molar-refractivity contribution is -0.148. The predicted molar refractivity (Wildman–Crippen MR) is 80.6 cm³/mol. The van der Waals surface area contributed by atoms with Crippen LogP contribution in [0.2, 0.25) is 0 Å². The maximum absolute atomic E-state index is 12.0. The minimum absolute atomic E-state index is 0.134. The highest BCUT2D eigenvalue weighted by atomic mass is 16.5. The van der Waals surface area contributed by atoms with Gasteiger partial charge in [-0.1, -0.05) is 13.3 Å². The summed E-state index contributed by atoms with van der Waals surface area (Å²) < 4.78 is 4.98. The van der Waals surface area contributed by atoms with Gasteiger partial charge in [-0.3, -0.25) is 4.79 Å². The van der Waals surface area contributed by atoms with E-state index >= 15 is 0 Å². The molecule has 20 heavy (non-hydrogen) atoms. The molecule has 2 fully saturated rings. The van der Waals surface area contributed by atoms with Crippen LogP contribution in [0.3, 0.4) is 0 Å². The molecule has 1 saturated heterocycles. The van der Waals surface area contributed by atoms with Crippen LogP contribution in [0.4, 0.5) is 0 Å². The SMILES string of the molecule is CCCNC(C)(CCN1CC2CCCC2C1)C(=O)OC. The van der Waals surface area contributed by atoms with Gasteiger partial charge >= 0.3 is 5.97 Å². The van der Waals surface area contributed by atoms with E-state index in [4.69, 9.17) is 4.74 Å². The number of esters is 1. The molecular weight excluding hydrogens is 252 g/mol. The van der Waals surface area contributed by atoms with Crippen molar-refractivity contribution in [2.75, 3.05) is 33.3 Å². The van der Waals surface area contributed by atoms with E-state index in [1.807, 2.05) is 6.92 Å². The number of methoxy groups -OCH3 is 1. The van der Waals surface area contributed by atoms with Crippen LogP contribution in [0.5, 0.6) is 0 Å². The van der Waals surface area contributed by atoms with Crippen molar-refractivity contribution < 1.29 is 9.53 Å². The van der Waals surface area contributed by atoms with Gasteiger partial charge in [0, 0.05) is 19.6 Å². The summed E-state index contributed by atoms with van der Waals surface area (Å²) in [6.45, 7) is 8.41. The molecule has 4 heteroatoms. The van der Waals surface area contributed by atoms with Gasteiger partial charge in [-0.2, -0.15) is 0 Å². The Morgan fingerprint density at radius 2 is 2.00 bits per heavy atom. The summed E-state index contributed by atoms with van der Waals surface area (Å²) in [7, 11) is 1.48. The normalized spacial score (nSPS) is 29.1. The van der Waals surface area contributed by atoms with Gasteiger partial charge in [0.05, 0.1) is 7.11 Å². The molecule has 1 aliphatic carbocycles. The number of carbonyl (C=O) groups excluding carboxylic acids is 1. The highest BCUT2D eigenvalue weighted by molar-refractivity contribution is 5.80. The molecule has 2 rings (SSSR count). The molecule has 0 bridgehead atoms. The van der Waals surface area contributed by atoms with Crippen LogP contribution < -0.4 is 5.32 Å². The average Bonchev–Trinajstić information content (AvgIpc) is 3.03. The van der Waals surface area contributed by atoms with Crippen molar-refractivity contribution in [1.29, 1.82) is 0 Å². The zero-order chi connectivity index (χ0) is 14.6. The van der Waals surface area contributed by atoms with Crippen molar-refractivity contribution in [1.82, 2.24) is 10.2 Å². The first kappa shape index (κ1) is 15.8. The second kappa shape index (κ2) is 6.90. The third-order valence-electron chi connectivity index (χ3n) is 5.13. The fourth-order valence-corrected chi connectivity index (χ4v) is 3.79. The first-order valence-corrected chi connectivity index (χ1v) is 8.15. The summed E-state index contributed by atoms with van der Waals surface area (Å²) in [5, 5.41) is 3.37. The summed E-state index contributed by atoms with van der Waals surface area (Å²) >= 11 is 0. The molecule has 4 nitrogen and oxygen atoms in total. The lowest BCUT2D eigenvalue weighted by Crippen LogP contribution is -2.52. The highest BCUT2D eigenvalue weighted by Gasteiger charge is 2.38. The lowest BCUT2D eigenvalue weighted by atomic mass is 9.97. The molecular formula is C16H30N2O2. The van der Waals surface area contributed by atoms with Gasteiger partial charge in [-0.15, -0.1) is 0 Å². The highest BCUT2D eigenvalue weighted by Crippen LogP contribution is 2.37. The Balaban J connectivity index is 1.84. The molecule has 1 saturated carbocycles. The van der Waals surface area contributed by atoms with Crippen molar-refractivity contribution in [2.24, 2.45) is 11.8 Å². The number of nitrogens with one attached hydrogen (secondary N) is 1. The minimum Gasteiger partial charge on any atom is -0.468 e. The molecule has 2 aliphatic rings. The topological polar surface area (TPSA) is 41.6 Å². The van der Waals surface area contributed by atoms with Crippen LogP contribution >= 0.6 is 0 Å². The number of hydrogen-bond donors (Lipinski definition) is 1. The van der Waals surface area contributed by atoms with Gasteiger partial charge < -0.3 is 15.0 Å². The number of likely N-dealkylation sites (tertiary alicyclic amines) is 1. The lowest BCUT2D eigenvalue weighted by Gasteiger charge is -2.30. The molecule has 3 unspecified atom stereocenters. The van der Waals surface area contributed by atoms with Gasteiger partial charge in [-0.05, 0) is 51.0 Å². The van der Waals surface area contributed by atoms with E-state index in [2.05, 4.69) is 17.1 Å². The Morgan fingerprint density at radius 1 is 1.35 bits per heavy atom. The molecule has 116 valence electrons. The van der Waals surface area contributed by atoms with E-state index in [1.54, 1.807) is 0 Å². The molecule has 0 aromatic heterocycles. The summed E-state index contributed by atoms with van der Waals surface area (Å²) in [4.78, 5) is 14.6. The van der Waals surface area contributed by atoms with E-state index in [0.29, 0.717) is 0 Å². The van der Waals surface area contributed by atoms with Crippen LogP contribution in [-0.4, -0.2) is 49.7 Å². The summed E-state index contributed by atoms with van der Waals surface area (Å²) in [6.07, 6.45) is 6.09. The van der Waals surface area contributed by atoms with Gasteiger partial charge in [-0.25, -0.2) is 0 Å². The van der Waals surface area contributed by atoms with E-state index in [0.717, 1.165) is 37.8 Å². The van der Waals surface area contributed by atoms with Crippen LogP contribution in [0.15, 0.2) is 0 Å². The average molecular weight is 282 g/mol. The Bertz CT molecular complexity index is 322. The molecule has 1 aliphatic heterocycles. The van der Waals surface area contributed by atoms with Gasteiger partial charge in [0.15, 0.2) is 0 Å². The minimum atomic E-state index is -0.539. The zero-order valence-electron chi connectivity index (χ0n) is 13.3. The van der Waals surface area contributed by atoms with Crippen LogP contribution in [0.1, 0.15) is 46.0 Å². The Kier molecular flexibility index (Phi) is 5.44. The van der Waals surface area contributed by atoms with Gasteiger partial charge in [0.25, 0.3) is 0 Å². The third kappa shape index (κ3) is 3.53. The number of carbonyl (C=O) groups is 1. The molecule has 0 radical (unpaired) electrons. The molecule has 0 aromatic rings. The van der Waals surface area contributed by atoms with E-state index < -0.39 is 5.54 Å². The van der Waals surface area contributed by atoms with Crippen LogP contribution in [0, 0.1) is 11.8 Å². The summed E-state index contributed by atoms with van der Waals surface area (Å²) in [6, 6.07) is 0. The van der Waals surface area contributed by atoms with Crippen molar-refractivity contribution in [3.63, 3.8) is 0 Å². The fourth-order valence-electron chi connectivity index (χ4n) is 3.79. The molecule has 1 N–H and O–H groups in total. The first-order chi connectivity index (χ1) is 9.59. The van der Waals surface area contributed by atoms with Crippen molar-refractivity contribution in [3.05, 3.63) is 0 Å². The standard InChI is InChI=1S/C16H30N2O2/c1-4-9-17-16(2,15(19)20-3)8-10-18-11-13-6-5-7-14(13)12-18/h13-14,17H,4-12H2,1-3H3. The Morgan fingerprint density at radius 3 is 2.55 bits per heavy atom. The van der Waals surface area contributed by atoms with Gasteiger partial charge in [0.2, 0.25) is 0 Å². The van der Waals surface area contributed by atoms with Crippen molar-refractivity contribution >= 4 is 5.97 Å². The summed E-state index contributed by atoms with van der Waals surface area (Å²) in [5.41, 5.74) is -0.539. The van der Waals surface area contributed by atoms with E-state index in [1.165, 1.54) is 39.5 Å². The number of rotatable bonds is 7. The fraction of sp³-hybridized carbons (Fsp3) is 0.938. The van der Waals surface area contributed by atoms with Crippen LogP contribution in [0.25, 0.3) is 0 Å². The number of nitrogens with zero attached hydrogens (tertiary/aromatic N) is 1. The van der Waals surface area contributed by atoms with Gasteiger partial charge in [0.1, 0.15) is 5.54 Å². The monoisotopic (exact) mass is 282 g/mol. The quantitative estimate of drug-likeness (QED) is 0.726. The Hall–Kier alpha value is -0.610. The molecule has 3 atom stereocenters. The second-order valence-electron chi connectivity index (χ2n) is 6.71. The smallest absolute Gasteiger partial charge is 0.325 e. The molecule has 0 aromatic carbocycles.